The van der Waals surface area contributed by atoms with E-state index < -0.39 is 13.8 Å². The summed E-state index contributed by atoms with van der Waals surface area (Å²) in [6.45, 7) is 0. The molecule has 0 unspecified atom stereocenters. The summed E-state index contributed by atoms with van der Waals surface area (Å²) in [5.74, 6) is 3.10. The van der Waals surface area contributed by atoms with Crippen LogP contribution < -0.4 is 37.3 Å². The molecule has 0 fully saturated rings. The summed E-state index contributed by atoms with van der Waals surface area (Å²) in [4.78, 5) is 0. The molecule has 0 saturated heterocycles. The SMILES string of the molecule is COc1cc(-c2ccccc2[Se](=O)c2ccccc2-c2cc(OC)c(OC)c(OC)c2)cc(OC)c1OC. The van der Waals surface area contributed by atoms with E-state index in [1.807, 2.05) is 72.8 Å². The molecule has 0 aliphatic rings. The summed E-state index contributed by atoms with van der Waals surface area (Å²) in [5.41, 5.74) is 3.27. The Morgan fingerprint density at radius 1 is 0.474 bits per heavy atom. The molecule has 0 aliphatic carbocycles. The number of hydrogen-bond acceptors (Lipinski definition) is 7. The number of methoxy groups -OCH3 is 6. The van der Waals surface area contributed by atoms with E-state index in [1.165, 1.54) is 0 Å². The van der Waals surface area contributed by atoms with Crippen molar-refractivity contribution < 1.29 is 32.3 Å². The van der Waals surface area contributed by atoms with Gasteiger partial charge in [0.1, 0.15) is 0 Å². The molecule has 4 aromatic carbocycles. The van der Waals surface area contributed by atoms with Crippen molar-refractivity contribution in [3.8, 4) is 56.8 Å². The fraction of sp³-hybridized carbons (Fsp3) is 0.200. The van der Waals surface area contributed by atoms with Crippen LogP contribution in [0.25, 0.3) is 22.3 Å². The Balaban J connectivity index is 1.88. The van der Waals surface area contributed by atoms with Gasteiger partial charge in [0.25, 0.3) is 0 Å². The van der Waals surface area contributed by atoms with E-state index in [0.29, 0.717) is 34.5 Å². The van der Waals surface area contributed by atoms with Gasteiger partial charge in [0.05, 0.1) is 0 Å². The molecule has 0 bridgehead atoms. The topological polar surface area (TPSA) is 72.5 Å². The molecule has 0 saturated carbocycles. The van der Waals surface area contributed by atoms with Crippen LogP contribution in [0.2, 0.25) is 0 Å². The fourth-order valence-electron chi connectivity index (χ4n) is 4.33. The molecule has 0 radical (unpaired) electrons. The fourth-order valence-corrected chi connectivity index (χ4v) is 7.29. The van der Waals surface area contributed by atoms with Gasteiger partial charge >= 0.3 is 227 Å². The number of benzene rings is 4. The van der Waals surface area contributed by atoms with E-state index in [0.717, 1.165) is 31.2 Å². The third-order valence-corrected chi connectivity index (χ3v) is 9.30. The molecular weight excluding hydrogens is 551 g/mol. The maximum absolute atomic E-state index is 14.3. The van der Waals surface area contributed by atoms with Crippen molar-refractivity contribution in [2.75, 3.05) is 42.7 Å². The van der Waals surface area contributed by atoms with Gasteiger partial charge in [0.15, 0.2) is 0 Å². The van der Waals surface area contributed by atoms with E-state index in [2.05, 4.69) is 0 Å². The molecule has 0 amide bonds. The van der Waals surface area contributed by atoms with Crippen LogP contribution >= 0.6 is 0 Å². The van der Waals surface area contributed by atoms with E-state index >= 15 is 0 Å². The average Bonchev–Trinajstić information content (AvgIpc) is 2.98. The van der Waals surface area contributed by atoms with E-state index in [1.54, 1.807) is 42.7 Å². The second-order valence-corrected chi connectivity index (χ2v) is 11.1. The van der Waals surface area contributed by atoms with E-state index in [4.69, 9.17) is 28.4 Å². The Hall–Kier alpha value is -4.00. The second kappa shape index (κ2) is 12.0. The minimum atomic E-state index is -2.77. The number of rotatable bonds is 10. The Kier molecular flexibility index (Phi) is 8.56. The molecule has 0 aromatic heterocycles. The maximum atomic E-state index is 14.3. The third-order valence-electron chi connectivity index (χ3n) is 6.13. The standard InChI is InChI=1S/C30H30O7Se/c1-32-23-15-19(16-24(33-2)29(23)36-5)21-11-7-9-13-27(21)38(31)28-14-10-8-12-22(28)20-17-25(34-3)30(37-6)26(18-20)35-4/h7-18H,1-6H3. The second-order valence-electron chi connectivity index (χ2n) is 8.09. The predicted octanol–water partition coefficient (Wildman–Crippen LogP) is 4.61. The predicted molar refractivity (Wildman–Crippen MR) is 149 cm³/mol. The molecule has 38 heavy (non-hydrogen) atoms. The van der Waals surface area contributed by atoms with Gasteiger partial charge in [-0.25, -0.2) is 0 Å². The molecule has 4 aromatic rings. The van der Waals surface area contributed by atoms with Crippen molar-refractivity contribution in [3.63, 3.8) is 0 Å². The van der Waals surface area contributed by atoms with Crippen LogP contribution in [-0.4, -0.2) is 56.5 Å². The molecule has 0 heterocycles. The first-order valence-corrected chi connectivity index (χ1v) is 14.1. The molecule has 7 nitrogen and oxygen atoms in total. The molecule has 4 rings (SSSR count). The first kappa shape index (κ1) is 27.0. The van der Waals surface area contributed by atoms with Crippen molar-refractivity contribution in [2.24, 2.45) is 0 Å². The van der Waals surface area contributed by atoms with Crippen LogP contribution in [0.1, 0.15) is 0 Å². The zero-order chi connectivity index (χ0) is 27.2. The monoisotopic (exact) mass is 582 g/mol. The van der Waals surface area contributed by atoms with Gasteiger partial charge < -0.3 is 0 Å². The van der Waals surface area contributed by atoms with Gasteiger partial charge in [-0.3, -0.25) is 0 Å². The third kappa shape index (κ3) is 5.05. The Morgan fingerprint density at radius 2 is 0.789 bits per heavy atom. The van der Waals surface area contributed by atoms with Crippen molar-refractivity contribution in [1.29, 1.82) is 0 Å². The Morgan fingerprint density at radius 3 is 1.08 bits per heavy atom. The van der Waals surface area contributed by atoms with Crippen molar-refractivity contribution in [2.45, 2.75) is 0 Å². The van der Waals surface area contributed by atoms with Crippen molar-refractivity contribution >= 4 is 22.8 Å². The number of ether oxygens (including phenoxy) is 6. The molecule has 0 atom stereocenters. The summed E-state index contributed by atoms with van der Waals surface area (Å²) in [5, 5.41) is 0. The zero-order valence-electron chi connectivity index (χ0n) is 22.2. The van der Waals surface area contributed by atoms with Crippen LogP contribution in [0.5, 0.6) is 34.5 Å². The molecular formula is C30H30O7Se. The van der Waals surface area contributed by atoms with E-state index in [-0.39, 0.29) is 0 Å². The van der Waals surface area contributed by atoms with Gasteiger partial charge in [-0.15, -0.1) is 0 Å². The average molecular weight is 582 g/mol. The van der Waals surface area contributed by atoms with E-state index in [9.17, 15) is 3.83 Å². The Labute approximate surface area is 226 Å². The van der Waals surface area contributed by atoms with Crippen LogP contribution in [0.3, 0.4) is 0 Å². The van der Waals surface area contributed by atoms with Gasteiger partial charge in [-0.05, 0) is 0 Å². The molecule has 8 heteroatoms. The van der Waals surface area contributed by atoms with Gasteiger partial charge in [0, 0.05) is 0 Å². The molecule has 0 N–H and O–H groups in total. The van der Waals surface area contributed by atoms with Gasteiger partial charge in [-0.2, -0.15) is 0 Å². The summed E-state index contributed by atoms with van der Waals surface area (Å²) >= 11 is -2.77. The van der Waals surface area contributed by atoms with Crippen molar-refractivity contribution in [3.05, 3.63) is 72.8 Å². The first-order chi connectivity index (χ1) is 18.5. The van der Waals surface area contributed by atoms with Crippen molar-refractivity contribution in [1.82, 2.24) is 0 Å². The normalized spacial score (nSPS) is 10.7. The van der Waals surface area contributed by atoms with Gasteiger partial charge in [-0.1, -0.05) is 0 Å². The molecule has 0 spiro atoms. The first-order valence-electron chi connectivity index (χ1n) is 11.7. The molecule has 0 aliphatic heterocycles. The molecule has 198 valence electrons. The summed E-state index contributed by atoms with van der Waals surface area (Å²) < 4.78 is 49.0. The van der Waals surface area contributed by atoms with Gasteiger partial charge in [0.2, 0.25) is 0 Å². The Bertz CT molecular complexity index is 1310. The summed E-state index contributed by atoms with van der Waals surface area (Å²) in [7, 11) is 9.42. The van der Waals surface area contributed by atoms with Crippen LogP contribution in [0.4, 0.5) is 0 Å². The van der Waals surface area contributed by atoms with Crippen LogP contribution in [0, 0.1) is 0 Å². The van der Waals surface area contributed by atoms with Crippen LogP contribution in [0.15, 0.2) is 72.8 Å². The summed E-state index contributed by atoms with van der Waals surface area (Å²) in [6, 6.07) is 22.8. The quantitative estimate of drug-likeness (QED) is 0.254. The minimum absolute atomic E-state index is 0.499. The zero-order valence-corrected chi connectivity index (χ0v) is 23.9. The summed E-state index contributed by atoms with van der Waals surface area (Å²) in [6.07, 6.45) is 0. The van der Waals surface area contributed by atoms with Crippen LogP contribution in [-0.2, 0) is 3.83 Å². The number of hydrogen-bond donors (Lipinski definition) is 0.